The number of rotatable bonds is 7. The zero-order valence-electron chi connectivity index (χ0n) is 16.0. The standard InChI is InChI=1S/C25H29N/c1-3-8-23-16-19(18-26)17-25(24(23)9-4-2)22-14-12-21(13-15-22)20-10-6-5-7-11-20/h5-7,10-17H,3-4,8-9,18,26H2,1-2H3. The van der Waals surface area contributed by atoms with Gasteiger partial charge in [-0.3, -0.25) is 0 Å². The molecule has 0 spiro atoms. The second kappa shape index (κ2) is 8.82. The van der Waals surface area contributed by atoms with E-state index in [0.717, 1.165) is 25.7 Å². The third-order valence-corrected chi connectivity index (χ3v) is 4.96. The average molecular weight is 344 g/mol. The Morgan fingerprint density at radius 1 is 0.692 bits per heavy atom. The van der Waals surface area contributed by atoms with E-state index in [1.54, 1.807) is 0 Å². The van der Waals surface area contributed by atoms with Gasteiger partial charge in [0, 0.05) is 6.54 Å². The predicted octanol–water partition coefficient (Wildman–Crippen LogP) is 6.38. The molecular formula is C25H29N. The summed E-state index contributed by atoms with van der Waals surface area (Å²) < 4.78 is 0. The Morgan fingerprint density at radius 2 is 1.31 bits per heavy atom. The third kappa shape index (κ3) is 4.05. The zero-order chi connectivity index (χ0) is 18.4. The molecule has 0 unspecified atom stereocenters. The van der Waals surface area contributed by atoms with Gasteiger partial charge >= 0.3 is 0 Å². The van der Waals surface area contributed by atoms with Crippen LogP contribution in [0.3, 0.4) is 0 Å². The van der Waals surface area contributed by atoms with Crippen LogP contribution in [-0.2, 0) is 19.4 Å². The van der Waals surface area contributed by atoms with Gasteiger partial charge in [0.2, 0.25) is 0 Å². The summed E-state index contributed by atoms with van der Waals surface area (Å²) in [6.45, 7) is 5.10. The topological polar surface area (TPSA) is 26.0 Å². The van der Waals surface area contributed by atoms with E-state index >= 15 is 0 Å². The second-order valence-electron chi connectivity index (χ2n) is 6.93. The first-order valence-corrected chi connectivity index (χ1v) is 9.77. The first-order chi connectivity index (χ1) is 12.8. The van der Waals surface area contributed by atoms with Crippen molar-refractivity contribution in [2.75, 3.05) is 0 Å². The summed E-state index contributed by atoms with van der Waals surface area (Å²) in [5.41, 5.74) is 15.4. The average Bonchev–Trinajstić information content (AvgIpc) is 2.70. The number of hydrogen-bond acceptors (Lipinski definition) is 1. The number of nitrogens with two attached hydrogens (primary N) is 1. The molecule has 0 atom stereocenters. The van der Waals surface area contributed by atoms with Crippen molar-refractivity contribution in [1.29, 1.82) is 0 Å². The molecule has 0 saturated heterocycles. The van der Waals surface area contributed by atoms with Crippen molar-refractivity contribution in [2.24, 2.45) is 5.73 Å². The van der Waals surface area contributed by atoms with Crippen molar-refractivity contribution in [3.63, 3.8) is 0 Å². The minimum atomic E-state index is 0.595. The van der Waals surface area contributed by atoms with Gasteiger partial charge in [-0.25, -0.2) is 0 Å². The largest absolute Gasteiger partial charge is 0.326 e. The van der Waals surface area contributed by atoms with Crippen LogP contribution >= 0.6 is 0 Å². The molecule has 134 valence electrons. The Labute approximate surface area is 157 Å². The molecule has 0 bridgehead atoms. The highest BCUT2D eigenvalue weighted by molar-refractivity contribution is 5.73. The van der Waals surface area contributed by atoms with E-state index in [2.05, 4.69) is 80.6 Å². The van der Waals surface area contributed by atoms with Crippen molar-refractivity contribution < 1.29 is 0 Å². The van der Waals surface area contributed by atoms with Crippen molar-refractivity contribution in [3.8, 4) is 22.3 Å². The molecule has 1 nitrogen and oxygen atoms in total. The van der Waals surface area contributed by atoms with Crippen LogP contribution in [0.5, 0.6) is 0 Å². The van der Waals surface area contributed by atoms with Gasteiger partial charge < -0.3 is 5.73 Å². The lowest BCUT2D eigenvalue weighted by atomic mass is 9.88. The van der Waals surface area contributed by atoms with Crippen molar-refractivity contribution in [1.82, 2.24) is 0 Å². The second-order valence-corrected chi connectivity index (χ2v) is 6.93. The van der Waals surface area contributed by atoms with E-state index in [9.17, 15) is 0 Å². The lowest BCUT2D eigenvalue weighted by molar-refractivity contribution is 0.858. The molecule has 0 aliphatic rings. The fourth-order valence-electron chi connectivity index (χ4n) is 3.68. The summed E-state index contributed by atoms with van der Waals surface area (Å²) in [4.78, 5) is 0. The Morgan fingerprint density at radius 3 is 1.92 bits per heavy atom. The van der Waals surface area contributed by atoms with Crippen LogP contribution in [0.15, 0.2) is 66.7 Å². The van der Waals surface area contributed by atoms with E-state index in [0.29, 0.717) is 6.54 Å². The fourth-order valence-corrected chi connectivity index (χ4v) is 3.68. The van der Waals surface area contributed by atoms with Gasteiger partial charge in [-0.05, 0) is 57.9 Å². The molecule has 0 aromatic heterocycles. The van der Waals surface area contributed by atoms with Gasteiger partial charge in [0.1, 0.15) is 0 Å². The van der Waals surface area contributed by atoms with Gasteiger partial charge in [-0.1, -0.05) is 87.4 Å². The highest BCUT2D eigenvalue weighted by Crippen LogP contribution is 2.32. The molecule has 2 N–H and O–H groups in total. The van der Waals surface area contributed by atoms with E-state index < -0.39 is 0 Å². The van der Waals surface area contributed by atoms with Gasteiger partial charge in [0.05, 0.1) is 0 Å². The van der Waals surface area contributed by atoms with Crippen LogP contribution in [-0.4, -0.2) is 0 Å². The molecule has 3 rings (SSSR count). The molecule has 0 heterocycles. The van der Waals surface area contributed by atoms with Gasteiger partial charge in [0.15, 0.2) is 0 Å². The maximum absolute atomic E-state index is 5.99. The summed E-state index contributed by atoms with van der Waals surface area (Å²) >= 11 is 0. The number of benzene rings is 3. The normalized spacial score (nSPS) is 10.9. The van der Waals surface area contributed by atoms with Gasteiger partial charge in [-0.2, -0.15) is 0 Å². The summed E-state index contributed by atoms with van der Waals surface area (Å²) in [5, 5.41) is 0. The first kappa shape index (κ1) is 18.4. The van der Waals surface area contributed by atoms with Crippen LogP contribution in [0.4, 0.5) is 0 Å². The summed E-state index contributed by atoms with van der Waals surface area (Å²) in [6, 6.07) is 24.1. The smallest absolute Gasteiger partial charge is 0.0178 e. The number of aryl methyl sites for hydroxylation is 1. The molecule has 0 radical (unpaired) electrons. The van der Waals surface area contributed by atoms with Crippen LogP contribution in [0.2, 0.25) is 0 Å². The minimum absolute atomic E-state index is 0.595. The van der Waals surface area contributed by atoms with E-state index in [4.69, 9.17) is 5.73 Å². The molecule has 0 aliphatic carbocycles. The van der Waals surface area contributed by atoms with Crippen LogP contribution in [0, 0.1) is 0 Å². The van der Waals surface area contributed by atoms with Crippen molar-refractivity contribution in [2.45, 2.75) is 46.1 Å². The SMILES string of the molecule is CCCc1cc(CN)cc(-c2ccc(-c3ccccc3)cc2)c1CCC. The number of hydrogen-bond donors (Lipinski definition) is 1. The molecule has 1 heteroatoms. The van der Waals surface area contributed by atoms with Crippen molar-refractivity contribution in [3.05, 3.63) is 83.4 Å². The molecule has 0 amide bonds. The third-order valence-electron chi connectivity index (χ3n) is 4.96. The Hall–Kier alpha value is -2.38. The molecule has 0 fully saturated rings. The van der Waals surface area contributed by atoms with E-state index in [1.807, 2.05) is 0 Å². The highest BCUT2D eigenvalue weighted by Gasteiger charge is 2.12. The lowest BCUT2D eigenvalue weighted by Crippen LogP contribution is -2.03. The highest BCUT2D eigenvalue weighted by atomic mass is 14.5. The molecule has 3 aromatic carbocycles. The molecular weight excluding hydrogens is 314 g/mol. The summed E-state index contributed by atoms with van der Waals surface area (Å²) in [7, 11) is 0. The van der Waals surface area contributed by atoms with E-state index in [1.165, 1.54) is 38.9 Å². The van der Waals surface area contributed by atoms with Crippen LogP contribution in [0.25, 0.3) is 22.3 Å². The maximum atomic E-state index is 5.99. The Balaban J connectivity index is 2.05. The lowest BCUT2D eigenvalue weighted by Gasteiger charge is -2.17. The molecule has 3 aromatic rings. The summed E-state index contributed by atoms with van der Waals surface area (Å²) in [6.07, 6.45) is 4.57. The van der Waals surface area contributed by atoms with E-state index in [-0.39, 0.29) is 0 Å². The van der Waals surface area contributed by atoms with Gasteiger partial charge in [0.25, 0.3) is 0 Å². The predicted molar refractivity (Wildman–Crippen MR) is 113 cm³/mol. The molecule has 26 heavy (non-hydrogen) atoms. The fraction of sp³-hybridized carbons (Fsp3) is 0.280. The maximum Gasteiger partial charge on any atom is 0.0178 e. The zero-order valence-corrected chi connectivity index (χ0v) is 16.0. The minimum Gasteiger partial charge on any atom is -0.326 e. The van der Waals surface area contributed by atoms with Crippen LogP contribution in [0.1, 0.15) is 43.4 Å². The Kier molecular flexibility index (Phi) is 6.25. The van der Waals surface area contributed by atoms with Crippen LogP contribution < -0.4 is 5.73 Å². The van der Waals surface area contributed by atoms with Gasteiger partial charge in [-0.15, -0.1) is 0 Å². The quantitative estimate of drug-likeness (QED) is 0.529. The molecule has 0 saturated carbocycles. The Bertz CT molecular complexity index is 832. The summed E-state index contributed by atoms with van der Waals surface area (Å²) in [5.74, 6) is 0. The first-order valence-electron chi connectivity index (χ1n) is 9.77. The monoisotopic (exact) mass is 343 g/mol. The molecule has 0 aliphatic heterocycles. The van der Waals surface area contributed by atoms with Crippen molar-refractivity contribution >= 4 is 0 Å².